The Labute approximate surface area is 106 Å². The molecule has 0 radical (unpaired) electrons. The summed E-state index contributed by atoms with van der Waals surface area (Å²) in [6.07, 6.45) is 2.75. The third-order valence-electron chi connectivity index (χ3n) is 2.89. The summed E-state index contributed by atoms with van der Waals surface area (Å²) in [6.45, 7) is 2.15. The van der Waals surface area contributed by atoms with Crippen LogP contribution >= 0.6 is 11.8 Å². The Morgan fingerprint density at radius 1 is 1.35 bits per heavy atom. The lowest BCUT2D eigenvalue weighted by Gasteiger charge is -2.21. The van der Waals surface area contributed by atoms with Crippen LogP contribution in [0.5, 0.6) is 0 Å². The molecule has 1 aliphatic heterocycles. The van der Waals surface area contributed by atoms with Gasteiger partial charge < -0.3 is 10.5 Å². The number of thioether (sulfide) groups is 1. The van der Waals surface area contributed by atoms with Gasteiger partial charge in [-0.15, -0.1) is 11.8 Å². The minimum absolute atomic E-state index is 0.118. The van der Waals surface area contributed by atoms with Crippen molar-refractivity contribution in [2.24, 2.45) is 5.73 Å². The van der Waals surface area contributed by atoms with Gasteiger partial charge in [-0.3, -0.25) is 0 Å². The molecule has 1 fully saturated rings. The van der Waals surface area contributed by atoms with Crippen molar-refractivity contribution in [1.29, 1.82) is 0 Å². The van der Waals surface area contributed by atoms with Crippen LogP contribution < -0.4 is 5.73 Å². The topological polar surface area (TPSA) is 35.2 Å². The third-order valence-corrected chi connectivity index (χ3v) is 4.28. The first-order chi connectivity index (χ1) is 8.29. The maximum Gasteiger partial charge on any atom is 0.137 e. The fraction of sp³-hybridized carbons (Fsp3) is 0.538. The highest BCUT2D eigenvalue weighted by Gasteiger charge is 2.16. The van der Waals surface area contributed by atoms with Crippen LogP contribution in [-0.4, -0.2) is 25.0 Å². The molecule has 4 heteroatoms. The van der Waals surface area contributed by atoms with Crippen molar-refractivity contribution < 1.29 is 9.13 Å². The van der Waals surface area contributed by atoms with E-state index >= 15 is 0 Å². The number of ether oxygens (including phenoxy) is 1. The Balaban J connectivity index is 2.00. The van der Waals surface area contributed by atoms with E-state index in [0.29, 0.717) is 11.8 Å². The first-order valence-corrected chi connectivity index (χ1v) is 6.90. The van der Waals surface area contributed by atoms with E-state index in [1.54, 1.807) is 17.8 Å². The predicted molar refractivity (Wildman–Crippen MR) is 68.9 cm³/mol. The van der Waals surface area contributed by atoms with Crippen molar-refractivity contribution in [1.82, 2.24) is 0 Å². The second kappa shape index (κ2) is 6.38. The van der Waals surface area contributed by atoms with Crippen molar-refractivity contribution in [3.8, 4) is 0 Å². The zero-order valence-corrected chi connectivity index (χ0v) is 10.6. The SMILES string of the molecule is NCCc1ccc(SC2CCOCC2)c(F)c1. The van der Waals surface area contributed by atoms with Crippen LogP contribution in [0.4, 0.5) is 4.39 Å². The summed E-state index contributed by atoms with van der Waals surface area (Å²) in [7, 11) is 0. The molecule has 0 spiro atoms. The van der Waals surface area contributed by atoms with Gasteiger partial charge in [0, 0.05) is 23.4 Å². The van der Waals surface area contributed by atoms with Gasteiger partial charge in [0.1, 0.15) is 5.82 Å². The summed E-state index contributed by atoms with van der Waals surface area (Å²) < 4.78 is 19.1. The third kappa shape index (κ3) is 3.69. The minimum atomic E-state index is -0.118. The number of benzene rings is 1. The zero-order chi connectivity index (χ0) is 12.1. The molecular formula is C13H18FNOS. The van der Waals surface area contributed by atoms with Crippen LogP contribution in [-0.2, 0) is 11.2 Å². The van der Waals surface area contributed by atoms with Gasteiger partial charge in [0.05, 0.1) is 0 Å². The van der Waals surface area contributed by atoms with Gasteiger partial charge in [-0.2, -0.15) is 0 Å². The molecule has 1 aliphatic rings. The predicted octanol–water partition coefficient (Wildman–Crippen LogP) is 2.60. The highest BCUT2D eigenvalue weighted by Crippen LogP contribution is 2.31. The monoisotopic (exact) mass is 255 g/mol. The molecule has 0 saturated carbocycles. The van der Waals surface area contributed by atoms with E-state index in [1.807, 2.05) is 12.1 Å². The molecule has 0 unspecified atom stereocenters. The van der Waals surface area contributed by atoms with E-state index in [1.165, 1.54) is 0 Å². The summed E-state index contributed by atoms with van der Waals surface area (Å²) >= 11 is 1.63. The van der Waals surface area contributed by atoms with E-state index in [-0.39, 0.29) is 5.82 Å². The molecular weight excluding hydrogens is 237 g/mol. The molecule has 1 heterocycles. The largest absolute Gasteiger partial charge is 0.381 e. The number of hydrogen-bond acceptors (Lipinski definition) is 3. The lowest BCUT2D eigenvalue weighted by Crippen LogP contribution is -2.17. The molecule has 2 nitrogen and oxygen atoms in total. The quantitative estimate of drug-likeness (QED) is 0.898. The van der Waals surface area contributed by atoms with Gasteiger partial charge in [0.2, 0.25) is 0 Å². The van der Waals surface area contributed by atoms with E-state index in [9.17, 15) is 4.39 Å². The summed E-state index contributed by atoms with van der Waals surface area (Å²) in [5, 5.41) is 0.485. The van der Waals surface area contributed by atoms with E-state index in [4.69, 9.17) is 10.5 Å². The van der Waals surface area contributed by atoms with Gasteiger partial charge in [0.15, 0.2) is 0 Å². The molecule has 1 aromatic rings. The highest BCUT2D eigenvalue weighted by molar-refractivity contribution is 8.00. The zero-order valence-electron chi connectivity index (χ0n) is 9.82. The van der Waals surface area contributed by atoms with Crippen LogP contribution in [0.2, 0.25) is 0 Å². The molecule has 0 bridgehead atoms. The van der Waals surface area contributed by atoms with Gasteiger partial charge in [-0.05, 0) is 43.5 Å². The molecule has 17 heavy (non-hydrogen) atoms. The number of hydrogen-bond donors (Lipinski definition) is 1. The Morgan fingerprint density at radius 3 is 2.76 bits per heavy atom. The molecule has 1 aromatic carbocycles. The van der Waals surface area contributed by atoms with Crippen molar-refractivity contribution >= 4 is 11.8 Å². The Hall–Kier alpha value is -0.580. The lowest BCUT2D eigenvalue weighted by atomic mass is 10.1. The van der Waals surface area contributed by atoms with Crippen molar-refractivity contribution in [3.05, 3.63) is 29.6 Å². The van der Waals surface area contributed by atoms with Gasteiger partial charge in [-0.1, -0.05) is 6.07 Å². The number of rotatable bonds is 4. The van der Waals surface area contributed by atoms with Crippen molar-refractivity contribution in [3.63, 3.8) is 0 Å². The Morgan fingerprint density at radius 2 is 2.12 bits per heavy atom. The van der Waals surface area contributed by atoms with E-state index < -0.39 is 0 Å². The fourth-order valence-electron chi connectivity index (χ4n) is 1.94. The van der Waals surface area contributed by atoms with E-state index in [0.717, 1.165) is 42.9 Å². The van der Waals surface area contributed by atoms with Crippen LogP contribution in [0.25, 0.3) is 0 Å². The smallest absolute Gasteiger partial charge is 0.137 e. The molecule has 0 aliphatic carbocycles. The van der Waals surface area contributed by atoms with Gasteiger partial charge >= 0.3 is 0 Å². The number of halogens is 1. The minimum Gasteiger partial charge on any atom is -0.381 e. The summed E-state index contributed by atoms with van der Waals surface area (Å²) in [4.78, 5) is 0.748. The van der Waals surface area contributed by atoms with Gasteiger partial charge in [0.25, 0.3) is 0 Å². The summed E-state index contributed by atoms with van der Waals surface area (Å²) in [6, 6.07) is 5.45. The normalized spacial score (nSPS) is 17.3. The second-order valence-electron chi connectivity index (χ2n) is 4.23. The maximum atomic E-state index is 13.8. The summed E-state index contributed by atoms with van der Waals surface area (Å²) in [5.74, 6) is -0.118. The molecule has 0 aromatic heterocycles. The molecule has 1 saturated heterocycles. The second-order valence-corrected chi connectivity index (χ2v) is 5.58. The first-order valence-electron chi connectivity index (χ1n) is 6.02. The molecule has 2 N–H and O–H groups in total. The van der Waals surface area contributed by atoms with E-state index in [2.05, 4.69) is 0 Å². The molecule has 0 atom stereocenters. The standard InChI is InChI=1S/C13H18FNOS/c14-12-9-10(3-6-15)1-2-13(12)17-11-4-7-16-8-5-11/h1-2,9,11H,3-8,15H2. The number of nitrogens with two attached hydrogens (primary N) is 1. The van der Waals surface area contributed by atoms with Crippen LogP contribution in [0.15, 0.2) is 23.1 Å². The molecule has 94 valence electrons. The van der Waals surface area contributed by atoms with Crippen molar-refractivity contribution in [2.75, 3.05) is 19.8 Å². The maximum absolute atomic E-state index is 13.8. The van der Waals surface area contributed by atoms with Crippen molar-refractivity contribution in [2.45, 2.75) is 29.4 Å². The summed E-state index contributed by atoms with van der Waals surface area (Å²) in [5.41, 5.74) is 6.43. The van der Waals surface area contributed by atoms with Crippen LogP contribution in [0.1, 0.15) is 18.4 Å². The average molecular weight is 255 g/mol. The first kappa shape index (κ1) is 12.9. The van der Waals surface area contributed by atoms with Crippen LogP contribution in [0.3, 0.4) is 0 Å². The lowest BCUT2D eigenvalue weighted by molar-refractivity contribution is 0.1000. The Kier molecular flexibility index (Phi) is 4.83. The Bertz CT molecular complexity index is 366. The molecule has 0 amide bonds. The highest BCUT2D eigenvalue weighted by atomic mass is 32.2. The average Bonchev–Trinajstić information content (AvgIpc) is 2.34. The molecule has 2 rings (SSSR count). The van der Waals surface area contributed by atoms with Crippen LogP contribution in [0, 0.1) is 5.82 Å². The fourth-order valence-corrected chi connectivity index (χ4v) is 3.04. The van der Waals surface area contributed by atoms with Gasteiger partial charge in [-0.25, -0.2) is 4.39 Å².